The second-order valence-corrected chi connectivity index (χ2v) is 3.59. The molecule has 0 aromatic carbocycles. The van der Waals surface area contributed by atoms with Gasteiger partial charge in [0.15, 0.2) is 11.4 Å². The van der Waals surface area contributed by atoms with E-state index < -0.39 is 23.3 Å². The lowest BCUT2D eigenvalue weighted by Gasteiger charge is -1.98. The molecule has 0 aliphatic rings. The zero-order valence-corrected chi connectivity index (χ0v) is 9.37. The van der Waals surface area contributed by atoms with Gasteiger partial charge in [-0.05, 0) is 0 Å². The first-order valence-corrected chi connectivity index (χ1v) is 5.10. The Balaban J connectivity index is 2.14. The van der Waals surface area contributed by atoms with Crippen molar-refractivity contribution in [3.63, 3.8) is 0 Å². The number of carboxylic acids is 1. The van der Waals surface area contributed by atoms with Crippen molar-refractivity contribution in [3.05, 3.63) is 21.9 Å². The summed E-state index contributed by atoms with van der Waals surface area (Å²) in [6.07, 6.45) is -0.312. The van der Waals surface area contributed by atoms with Crippen molar-refractivity contribution in [1.82, 2.24) is 10.2 Å². The highest BCUT2D eigenvalue weighted by molar-refractivity contribution is 5.99. The molecule has 0 unspecified atom stereocenters. The number of hydrogen-bond donors (Lipinski definition) is 3. The third-order valence-electron chi connectivity index (χ3n) is 2.23. The first-order chi connectivity index (χ1) is 8.97. The minimum Gasteiger partial charge on any atom is -0.475 e. The summed E-state index contributed by atoms with van der Waals surface area (Å²) in [7, 11) is 0. The number of H-pyrrole nitrogens is 1. The number of fused-ring (bicyclic) bond motifs is 1. The third-order valence-corrected chi connectivity index (χ3v) is 2.23. The predicted molar refractivity (Wildman–Crippen MR) is 60.4 cm³/mol. The quantitative estimate of drug-likeness (QED) is 0.526. The number of hydrogen-bond acceptors (Lipinski definition) is 6. The summed E-state index contributed by atoms with van der Waals surface area (Å²) in [6.45, 7) is -0.502. The molecule has 0 aliphatic heterocycles. The van der Waals surface area contributed by atoms with E-state index in [2.05, 4.69) is 15.5 Å². The van der Waals surface area contributed by atoms with E-state index in [1.807, 2.05) is 0 Å². The fourth-order valence-electron chi connectivity index (χ4n) is 1.39. The molecule has 19 heavy (non-hydrogen) atoms. The molecular weight excluding hydrogens is 260 g/mol. The fourth-order valence-corrected chi connectivity index (χ4v) is 1.39. The van der Waals surface area contributed by atoms with Crippen LogP contribution in [-0.2, 0) is 4.79 Å². The van der Waals surface area contributed by atoms with Crippen LogP contribution in [0.25, 0.3) is 11.1 Å². The van der Waals surface area contributed by atoms with Crippen molar-refractivity contribution in [2.24, 2.45) is 0 Å². The van der Waals surface area contributed by atoms with Gasteiger partial charge in [0.2, 0.25) is 18.2 Å². The number of aromatic nitrogens is 2. The van der Waals surface area contributed by atoms with Crippen molar-refractivity contribution >= 4 is 28.8 Å². The number of nitrogens with zero attached hydrogens (tertiary/aromatic N) is 2. The van der Waals surface area contributed by atoms with Crippen LogP contribution in [0.1, 0.15) is 17.0 Å². The largest absolute Gasteiger partial charge is 0.475 e. The molecule has 1 amide bonds. The van der Waals surface area contributed by atoms with Crippen LogP contribution in [0.3, 0.4) is 0 Å². The van der Waals surface area contributed by atoms with Gasteiger partial charge in [0.05, 0.1) is 6.42 Å². The van der Waals surface area contributed by atoms with Gasteiger partial charge < -0.3 is 14.8 Å². The Morgan fingerprint density at radius 2 is 2.32 bits per heavy atom. The molecule has 2 aromatic heterocycles. The molecule has 0 aliphatic carbocycles. The molecule has 0 saturated carbocycles. The Bertz CT molecular complexity index is 657. The van der Waals surface area contributed by atoms with Crippen LogP contribution in [-0.4, -0.2) is 38.6 Å². The normalized spacial score (nSPS) is 10.5. The maximum atomic E-state index is 11.4. The molecule has 0 bridgehead atoms. The molecule has 0 spiro atoms. The molecule has 0 atom stereocenters. The van der Waals surface area contributed by atoms with E-state index in [4.69, 9.17) is 9.52 Å². The highest BCUT2D eigenvalue weighted by Crippen LogP contribution is 2.24. The van der Waals surface area contributed by atoms with E-state index in [1.165, 1.54) is 6.07 Å². The lowest BCUT2D eigenvalue weighted by molar-refractivity contribution is -0.478. The Morgan fingerprint density at radius 1 is 1.58 bits per heavy atom. The smallest absolute Gasteiger partial charge is 0.371 e. The van der Waals surface area contributed by atoms with Gasteiger partial charge in [-0.2, -0.15) is 5.10 Å². The van der Waals surface area contributed by atoms with Gasteiger partial charge in [-0.3, -0.25) is 20.0 Å². The van der Waals surface area contributed by atoms with Crippen molar-refractivity contribution in [3.8, 4) is 0 Å². The number of carbonyl (C=O) groups excluding carboxylic acids is 1. The summed E-state index contributed by atoms with van der Waals surface area (Å²) < 4.78 is 4.99. The minimum atomic E-state index is -1.25. The molecule has 0 fully saturated rings. The summed E-state index contributed by atoms with van der Waals surface area (Å²) in [5.74, 6) is -2.17. The van der Waals surface area contributed by atoms with Crippen LogP contribution in [0.2, 0.25) is 0 Å². The Labute approximate surface area is 104 Å². The molecule has 10 heteroatoms. The van der Waals surface area contributed by atoms with Gasteiger partial charge in [0.25, 0.3) is 0 Å². The van der Waals surface area contributed by atoms with Gasteiger partial charge >= 0.3 is 5.97 Å². The van der Waals surface area contributed by atoms with Gasteiger partial charge in [0.1, 0.15) is 5.52 Å². The Morgan fingerprint density at radius 3 is 2.95 bits per heavy atom. The summed E-state index contributed by atoms with van der Waals surface area (Å²) >= 11 is 0. The molecule has 0 radical (unpaired) electrons. The standard InChI is InChI=1S/C9H8N4O6/c14-6(1-2-13(17)18)10-8-7-4(11-12-8)3-5(19-7)9(15)16/h3H,1-2H2,(H,15,16)(H2,10,11,12,14). The van der Waals surface area contributed by atoms with Crippen LogP contribution in [0, 0.1) is 10.1 Å². The Kier molecular flexibility index (Phi) is 3.14. The first kappa shape index (κ1) is 12.5. The number of anilines is 1. The number of aromatic amines is 1. The number of carboxylic acid groups (broad SMARTS) is 1. The number of aromatic carboxylic acids is 1. The lowest BCUT2D eigenvalue weighted by Crippen LogP contribution is -2.16. The zero-order valence-electron chi connectivity index (χ0n) is 9.37. The average molecular weight is 268 g/mol. The number of furan rings is 1. The lowest BCUT2D eigenvalue weighted by atomic mass is 10.4. The van der Waals surface area contributed by atoms with Crippen LogP contribution in [0.5, 0.6) is 0 Å². The molecule has 100 valence electrons. The minimum absolute atomic E-state index is 0.00384. The topological polar surface area (TPSA) is 151 Å². The third kappa shape index (κ3) is 2.68. The van der Waals surface area contributed by atoms with Crippen LogP contribution in [0.4, 0.5) is 5.82 Å². The first-order valence-electron chi connectivity index (χ1n) is 5.10. The number of nitro groups is 1. The van der Waals surface area contributed by atoms with Crippen molar-refractivity contribution in [2.75, 3.05) is 11.9 Å². The second-order valence-electron chi connectivity index (χ2n) is 3.59. The molecule has 0 saturated heterocycles. The molecule has 10 nitrogen and oxygen atoms in total. The molecule has 2 aromatic rings. The van der Waals surface area contributed by atoms with E-state index in [0.717, 1.165) is 0 Å². The fraction of sp³-hybridized carbons (Fsp3) is 0.222. The van der Waals surface area contributed by atoms with E-state index in [-0.39, 0.29) is 23.6 Å². The Hall–Kier alpha value is -2.91. The summed E-state index contributed by atoms with van der Waals surface area (Å²) in [6, 6.07) is 1.22. The van der Waals surface area contributed by atoms with Crippen LogP contribution >= 0.6 is 0 Å². The number of rotatable bonds is 5. The highest BCUT2D eigenvalue weighted by Gasteiger charge is 2.18. The maximum Gasteiger partial charge on any atom is 0.371 e. The van der Waals surface area contributed by atoms with Crippen molar-refractivity contribution in [2.45, 2.75) is 6.42 Å². The monoisotopic (exact) mass is 268 g/mol. The molecule has 2 heterocycles. The van der Waals surface area contributed by atoms with E-state index in [9.17, 15) is 19.7 Å². The zero-order chi connectivity index (χ0) is 14.0. The average Bonchev–Trinajstić information content (AvgIpc) is 2.88. The molecule has 2 rings (SSSR count). The second kappa shape index (κ2) is 4.76. The van der Waals surface area contributed by atoms with Gasteiger partial charge in [-0.25, -0.2) is 4.79 Å². The van der Waals surface area contributed by atoms with Crippen LogP contribution < -0.4 is 5.32 Å². The SMILES string of the molecule is O=C(CC[N+](=O)[O-])Nc1n[nH]c2cc(C(=O)O)oc12. The summed E-state index contributed by atoms with van der Waals surface area (Å²) in [5, 5.41) is 27.3. The number of carbonyl (C=O) groups is 2. The van der Waals surface area contributed by atoms with E-state index in [1.54, 1.807) is 0 Å². The number of nitrogens with one attached hydrogen (secondary N) is 2. The van der Waals surface area contributed by atoms with Gasteiger partial charge in [-0.1, -0.05) is 0 Å². The predicted octanol–water partition coefficient (Wildman–Crippen LogP) is 0.459. The van der Waals surface area contributed by atoms with Crippen molar-refractivity contribution < 1.29 is 24.0 Å². The van der Waals surface area contributed by atoms with E-state index in [0.29, 0.717) is 5.52 Å². The van der Waals surface area contributed by atoms with Gasteiger partial charge in [-0.15, -0.1) is 0 Å². The molecular formula is C9H8N4O6. The summed E-state index contributed by atoms with van der Waals surface area (Å²) in [5.41, 5.74) is 0.383. The van der Waals surface area contributed by atoms with E-state index >= 15 is 0 Å². The molecule has 3 N–H and O–H groups in total. The van der Waals surface area contributed by atoms with Crippen molar-refractivity contribution in [1.29, 1.82) is 0 Å². The maximum absolute atomic E-state index is 11.4. The van der Waals surface area contributed by atoms with Gasteiger partial charge in [0, 0.05) is 11.0 Å². The number of amides is 1. The summed E-state index contributed by atoms with van der Waals surface area (Å²) in [4.78, 5) is 31.6. The highest BCUT2D eigenvalue weighted by atomic mass is 16.6. The van der Waals surface area contributed by atoms with Crippen LogP contribution in [0.15, 0.2) is 10.5 Å².